The summed E-state index contributed by atoms with van der Waals surface area (Å²) in [5.74, 6) is 0.632. The second-order valence-electron chi connectivity index (χ2n) is 5.34. The average molecular weight is 487 g/mol. The van der Waals surface area contributed by atoms with Crippen molar-refractivity contribution in [1.29, 1.82) is 0 Å². The number of halogens is 1. The zero-order chi connectivity index (χ0) is 17.9. The first kappa shape index (κ1) is 22.4. The number of rotatable bonds is 8. The molecule has 0 saturated carbocycles. The second-order valence-corrected chi connectivity index (χ2v) is 6.59. The molecule has 0 bridgehead atoms. The summed E-state index contributed by atoms with van der Waals surface area (Å²) >= 11 is 1.80. The molecule has 0 saturated heterocycles. The molecule has 0 unspecified atom stereocenters. The van der Waals surface area contributed by atoms with Crippen molar-refractivity contribution < 1.29 is 4.79 Å². The van der Waals surface area contributed by atoms with Crippen molar-refractivity contribution >= 4 is 47.2 Å². The molecule has 2 heterocycles. The summed E-state index contributed by atoms with van der Waals surface area (Å²) in [5.41, 5.74) is 0.562. The van der Waals surface area contributed by atoms with E-state index in [9.17, 15) is 4.79 Å². The molecule has 0 radical (unpaired) electrons. The maximum atomic E-state index is 11.9. The minimum Gasteiger partial charge on any atom is -0.357 e. The van der Waals surface area contributed by atoms with Gasteiger partial charge in [-0.1, -0.05) is 6.92 Å². The van der Waals surface area contributed by atoms with E-state index in [0.717, 1.165) is 18.9 Å². The van der Waals surface area contributed by atoms with Crippen molar-refractivity contribution in [3.63, 3.8) is 0 Å². The van der Waals surface area contributed by atoms with Crippen molar-refractivity contribution in [3.8, 4) is 0 Å². The van der Waals surface area contributed by atoms with E-state index in [4.69, 9.17) is 0 Å². The van der Waals surface area contributed by atoms with Gasteiger partial charge < -0.3 is 16.0 Å². The molecule has 8 heteroatoms. The number of nitrogens with one attached hydrogen (secondary N) is 3. The lowest BCUT2D eigenvalue weighted by Crippen LogP contribution is -2.41. The Bertz CT molecular complexity index is 690. The van der Waals surface area contributed by atoms with Gasteiger partial charge in [-0.3, -0.25) is 9.78 Å². The Hall–Kier alpha value is -1.68. The number of thiophene rings is 1. The maximum absolute atomic E-state index is 11.9. The molecule has 6 nitrogen and oxygen atoms in total. The number of aromatic nitrogens is 1. The van der Waals surface area contributed by atoms with Gasteiger partial charge in [0.2, 0.25) is 0 Å². The number of hydrogen-bond acceptors (Lipinski definition) is 4. The number of nitrogens with zero attached hydrogens (tertiary/aromatic N) is 2. The van der Waals surface area contributed by atoms with Gasteiger partial charge in [0.1, 0.15) is 0 Å². The quantitative estimate of drug-likeness (QED) is 0.232. The molecule has 3 N–H and O–H groups in total. The molecule has 2 aromatic rings. The highest BCUT2D eigenvalue weighted by Gasteiger charge is 2.04. The number of aryl methyl sites for hydroxylation is 1. The molecule has 0 spiro atoms. The monoisotopic (exact) mass is 487 g/mol. The minimum absolute atomic E-state index is 0. The van der Waals surface area contributed by atoms with E-state index >= 15 is 0 Å². The van der Waals surface area contributed by atoms with Crippen molar-refractivity contribution in [2.45, 2.75) is 26.8 Å². The van der Waals surface area contributed by atoms with Gasteiger partial charge in [0, 0.05) is 41.8 Å². The fourth-order valence-corrected chi connectivity index (χ4v) is 3.03. The molecular weight excluding hydrogens is 461 g/mol. The molecule has 142 valence electrons. The highest BCUT2D eigenvalue weighted by Crippen LogP contribution is 2.17. The van der Waals surface area contributed by atoms with Gasteiger partial charge in [-0.15, -0.1) is 35.3 Å². The highest BCUT2D eigenvalue weighted by atomic mass is 127. The van der Waals surface area contributed by atoms with Crippen molar-refractivity contribution in [2.24, 2.45) is 4.99 Å². The summed E-state index contributed by atoms with van der Waals surface area (Å²) in [5, 5.41) is 9.30. The first-order valence-electron chi connectivity index (χ1n) is 8.51. The number of carbonyl (C=O) groups excluding carboxylic acids is 1. The van der Waals surface area contributed by atoms with Crippen LogP contribution >= 0.6 is 35.3 Å². The molecular formula is C18H26IN5OS. The van der Waals surface area contributed by atoms with Crippen LogP contribution in [0.1, 0.15) is 34.0 Å². The Kier molecular flexibility index (Phi) is 10.9. The van der Waals surface area contributed by atoms with Gasteiger partial charge in [-0.2, -0.15) is 0 Å². The van der Waals surface area contributed by atoms with Crippen LogP contribution in [0.5, 0.6) is 0 Å². The van der Waals surface area contributed by atoms with E-state index in [-0.39, 0.29) is 29.9 Å². The van der Waals surface area contributed by atoms with E-state index in [1.165, 1.54) is 9.75 Å². The van der Waals surface area contributed by atoms with Crippen LogP contribution in [0, 0.1) is 0 Å². The molecule has 1 amide bonds. The number of guanidine groups is 1. The van der Waals surface area contributed by atoms with Gasteiger partial charge in [0.05, 0.1) is 12.1 Å². The smallest absolute Gasteiger partial charge is 0.252 e. The Morgan fingerprint density at radius 1 is 1.12 bits per heavy atom. The van der Waals surface area contributed by atoms with Gasteiger partial charge in [-0.25, -0.2) is 4.99 Å². The molecule has 0 aromatic carbocycles. The molecule has 2 rings (SSSR count). The Balaban J connectivity index is 0.00000338. The van der Waals surface area contributed by atoms with E-state index in [1.807, 2.05) is 6.92 Å². The van der Waals surface area contributed by atoms with Crippen LogP contribution in [0.15, 0.2) is 41.7 Å². The fourth-order valence-electron chi connectivity index (χ4n) is 2.15. The van der Waals surface area contributed by atoms with E-state index in [0.29, 0.717) is 25.2 Å². The predicted octanol–water partition coefficient (Wildman–Crippen LogP) is 2.81. The number of hydrogen-bond donors (Lipinski definition) is 3. The zero-order valence-electron chi connectivity index (χ0n) is 15.1. The molecule has 26 heavy (non-hydrogen) atoms. The molecule has 0 aliphatic carbocycles. The first-order chi connectivity index (χ1) is 12.2. The Morgan fingerprint density at radius 2 is 1.88 bits per heavy atom. The largest absolute Gasteiger partial charge is 0.357 e. The molecule has 0 atom stereocenters. The molecule has 0 aliphatic rings. The van der Waals surface area contributed by atoms with Gasteiger partial charge in [-0.05, 0) is 37.6 Å². The Labute approximate surface area is 175 Å². The van der Waals surface area contributed by atoms with E-state index < -0.39 is 0 Å². The van der Waals surface area contributed by atoms with Gasteiger partial charge in [0.15, 0.2) is 5.96 Å². The summed E-state index contributed by atoms with van der Waals surface area (Å²) < 4.78 is 0. The van der Waals surface area contributed by atoms with Crippen molar-refractivity contribution in [3.05, 3.63) is 52.0 Å². The maximum Gasteiger partial charge on any atom is 0.252 e. The fraction of sp³-hybridized carbons (Fsp3) is 0.389. The van der Waals surface area contributed by atoms with Crippen LogP contribution in [0.3, 0.4) is 0 Å². The van der Waals surface area contributed by atoms with Crippen LogP contribution in [0.4, 0.5) is 0 Å². The summed E-state index contributed by atoms with van der Waals surface area (Å²) in [6, 6.07) is 7.78. The normalized spacial score (nSPS) is 10.8. The van der Waals surface area contributed by atoms with E-state index in [2.05, 4.69) is 45.0 Å². The first-order valence-corrected chi connectivity index (χ1v) is 9.32. The standard InChI is InChI=1S/C18H25N5OS.HI/c1-3-15-7-8-16(25-15)13-23-18(20-4-2)22-11-10-21-17(24)14-6-5-9-19-12-14;/h5-9,12H,3-4,10-11,13H2,1-2H3,(H,21,24)(H2,20,22,23);1H. The number of amides is 1. The van der Waals surface area contributed by atoms with Crippen LogP contribution in [0.25, 0.3) is 0 Å². The third-order valence-electron chi connectivity index (χ3n) is 3.43. The predicted molar refractivity (Wildman–Crippen MR) is 119 cm³/mol. The number of carbonyl (C=O) groups is 1. The lowest BCUT2D eigenvalue weighted by molar-refractivity contribution is 0.0954. The van der Waals surface area contributed by atoms with Gasteiger partial charge >= 0.3 is 0 Å². The van der Waals surface area contributed by atoms with Crippen molar-refractivity contribution in [1.82, 2.24) is 20.9 Å². The zero-order valence-corrected chi connectivity index (χ0v) is 18.3. The summed E-state index contributed by atoms with van der Waals surface area (Å²) in [7, 11) is 0. The lowest BCUT2D eigenvalue weighted by atomic mass is 10.3. The third-order valence-corrected chi connectivity index (χ3v) is 4.64. The molecule has 0 fully saturated rings. The third kappa shape index (κ3) is 7.69. The number of aliphatic imine (C=N–C) groups is 1. The van der Waals surface area contributed by atoms with Gasteiger partial charge in [0.25, 0.3) is 5.91 Å². The topological polar surface area (TPSA) is 78.4 Å². The van der Waals surface area contributed by atoms with Crippen molar-refractivity contribution in [2.75, 3.05) is 19.6 Å². The molecule has 0 aliphatic heterocycles. The summed E-state index contributed by atoms with van der Waals surface area (Å²) in [4.78, 5) is 23.1. The minimum atomic E-state index is -0.123. The van der Waals surface area contributed by atoms with Crippen LogP contribution in [-0.2, 0) is 13.0 Å². The van der Waals surface area contributed by atoms with Crippen LogP contribution in [-0.4, -0.2) is 36.5 Å². The lowest BCUT2D eigenvalue weighted by Gasteiger charge is -2.11. The SMILES string of the molecule is CCNC(=NCc1ccc(CC)s1)NCCNC(=O)c1cccnc1.I. The average Bonchev–Trinajstić information content (AvgIpc) is 3.11. The summed E-state index contributed by atoms with van der Waals surface area (Å²) in [6.45, 7) is 6.74. The second kappa shape index (κ2) is 12.6. The number of pyridine rings is 1. The summed E-state index contributed by atoms with van der Waals surface area (Å²) in [6.07, 6.45) is 4.26. The van der Waals surface area contributed by atoms with Crippen LogP contribution in [0.2, 0.25) is 0 Å². The van der Waals surface area contributed by atoms with Crippen LogP contribution < -0.4 is 16.0 Å². The van der Waals surface area contributed by atoms with E-state index in [1.54, 1.807) is 35.9 Å². The molecule has 2 aromatic heterocycles. The Morgan fingerprint density at radius 3 is 2.54 bits per heavy atom. The highest BCUT2D eigenvalue weighted by molar-refractivity contribution is 14.0.